The average Bonchev–Trinajstić information content (AvgIpc) is 2.99. The number of phenols is 1. The molecule has 7 rings (SSSR count). The van der Waals surface area contributed by atoms with E-state index in [0.29, 0.717) is 11.1 Å². The summed E-state index contributed by atoms with van der Waals surface area (Å²) in [5.41, 5.74) is 5.29. The van der Waals surface area contributed by atoms with Gasteiger partial charge in [-0.05, 0) is 78.8 Å². The summed E-state index contributed by atoms with van der Waals surface area (Å²) in [6.07, 6.45) is 0. The number of para-hydroxylation sites is 1. The fourth-order valence-corrected chi connectivity index (χ4v) is 5.73. The van der Waals surface area contributed by atoms with E-state index in [1.807, 2.05) is 18.2 Å². The lowest BCUT2D eigenvalue weighted by Gasteiger charge is -2.18. The molecule has 0 aliphatic rings. The predicted octanol–water partition coefficient (Wildman–Crippen LogP) is 9.42. The van der Waals surface area contributed by atoms with Gasteiger partial charge in [0.25, 0.3) is 0 Å². The molecule has 1 N–H and O–H groups in total. The molecule has 0 aromatic heterocycles. The highest BCUT2D eigenvalue weighted by molar-refractivity contribution is 6.22. The maximum Gasteiger partial charge on any atom is 0.196 e. The summed E-state index contributed by atoms with van der Waals surface area (Å²) >= 11 is 0. The van der Waals surface area contributed by atoms with Crippen LogP contribution in [0.2, 0.25) is 0 Å². The van der Waals surface area contributed by atoms with Crippen LogP contribution in [0.5, 0.6) is 5.75 Å². The van der Waals surface area contributed by atoms with E-state index in [4.69, 9.17) is 0 Å². The number of phenolic OH excluding ortho intramolecular Hbond substituents is 1. The van der Waals surface area contributed by atoms with Crippen molar-refractivity contribution in [3.8, 4) is 28.0 Å². The van der Waals surface area contributed by atoms with Crippen LogP contribution in [0.25, 0.3) is 54.6 Å². The summed E-state index contributed by atoms with van der Waals surface area (Å²) in [5.74, 6) is -0.208. The average molecular weight is 501 g/mol. The number of hydrogen-bond donors (Lipinski definition) is 1. The SMILES string of the molecule is O=C(c1cccc(-c2c3ccccc3c(-c3ccc4ccccc4c3)c3ccccc23)c1)c1ccccc1O. The second-order valence-electron chi connectivity index (χ2n) is 9.83. The summed E-state index contributed by atoms with van der Waals surface area (Å²) in [7, 11) is 0. The first-order valence-electron chi connectivity index (χ1n) is 13.0. The number of aromatic hydroxyl groups is 1. The van der Waals surface area contributed by atoms with Crippen LogP contribution in [0.4, 0.5) is 0 Å². The van der Waals surface area contributed by atoms with E-state index < -0.39 is 0 Å². The molecule has 0 unspecified atom stereocenters. The van der Waals surface area contributed by atoms with Gasteiger partial charge in [0.2, 0.25) is 0 Å². The van der Waals surface area contributed by atoms with Gasteiger partial charge in [0.1, 0.15) is 5.75 Å². The van der Waals surface area contributed by atoms with Gasteiger partial charge in [-0.2, -0.15) is 0 Å². The van der Waals surface area contributed by atoms with Crippen molar-refractivity contribution in [1.29, 1.82) is 0 Å². The normalized spacial score (nSPS) is 11.3. The number of benzene rings is 7. The first-order chi connectivity index (χ1) is 19.2. The second-order valence-corrected chi connectivity index (χ2v) is 9.83. The Bertz CT molecular complexity index is 1990. The molecule has 0 spiro atoms. The van der Waals surface area contributed by atoms with Crippen LogP contribution in [0, 0.1) is 0 Å². The first kappa shape index (κ1) is 22.9. The zero-order chi connectivity index (χ0) is 26.3. The molecule has 2 nitrogen and oxygen atoms in total. The van der Waals surface area contributed by atoms with Crippen LogP contribution in [-0.2, 0) is 0 Å². The minimum absolute atomic E-state index is 0.0106. The van der Waals surface area contributed by atoms with Crippen molar-refractivity contribution in [2.24, 2.45) is 0 Å². The van der Waals surface area contributed by atoms with Gasteiger partial charge in [-0.1, -0.05) is 115 Å². The Labute approximate surface area is 226 Å². The quantitative estimate of drug-likeness (QED) is 0.193. The smallest absolute Gasteiger partial charge is 0.196 e. The molecule has 0 radical (unpaired) electrons. The van der Waals surface area contributed by atoms with Crippen LogP contribution in [-0.4, -0.2) is 10.9 Å². The number of carbonyl (C=O) groups is 1. The van der Waals surface area contributed by atoms with Crippen molar-refractivity contribution in [2.75, 3.05) is 0 Å². The zero-order valence-corrected chi connectivity index (χ0v) is 21.1. The number of hydrogen-bond acceptors (Lipinski definition) is 2. The monoisotopic (exact) mass is 500 g/mol. The van der Waals surface area contributed by atoms with Crippen molar-refractivity contribution in [1.82, 2.24) is 0 Å². The molecule has 0 heterocycles. The Kier molecular flexibility index (Phi) is 5.45. The summed E-state index contributed by atoms with van der Waals surface area (Å²) in [6.45, 7) is 0. The minimum Gasteiger partial charge on any atom is -0.507 e. The van der Waals surface area contributed by atoms with Crippen molar-refractivity contribution < 1.29 is 9.90 Å². The lowest BCUT2D eigenvalue weighted by atomic mass is 9.85. The molecule has 0 saturated heterocycles. The standard InChI is InChI=1S/C37H24O2/c38-34-19-8-7-18-33(34)37(39)28-13-9-12-26(23-28)35-29-14-3-5-16-31(29)36(32-17-6-4-15-30(32)35)27-21-20-24-10-1-2-11-25(24)22-27/h1-23,38H. The van der Waals surface area contributed by atoms with E-state index in [9.17, 15) is 9.90 Å². The van der Waals surface area contributed by atoms with Gasteiger partial charge in [-0.3, -0.25) is 4.79 Å². The number of ketones is 1. The highest BCUT2D eigenvalue weighted by Gasteiger charge is 2.18. The van der Waals surface area contributed by atoms with E-state index in [0.717, 1.165) is 21.9 Å². The van der Waals surface area contributed by atoms with Crippen LogP contribution in [0.15, 0.2) is 140 Å². The van der Waals surface area contributed by atoms with Gasteiger partial charge in [0.15, 0.2) is 5.78 Å². The van der Waals surface area contributed by atoms with Crippen molar-refractivity contribution in [3.63, 3.8) is 0 Å². The Morgan fingerprint density at radius 3 is 1.64 bits per heavy atom. The molecule has 0 amide bonds. The topological polar surface area (TPSA) is 37.3 Å². The summed E-state index contributed by atoms with van der Waals surface area (Å²) < 4.78 is 0. The highest BCUT2D eigenvalue weighted by Crippen LogP contribution is 2.44. The van der Waals surface area contributed by atoms with E-state index in [-0.39, 0.29) is 11.5 Å². The predicted molar refractivity (Wildman–Crippen MR) is 161 cm³/mol. The molecule has 7 aromatic carbocycles. The molecule has 0 saturated carbocycles. The molecule has 184 valence electrons. The van der Waals surface area contributed by atoms with E-state index >= 15 is 0 Å². The molecular formula is C37H24O2. The molecule has 2 heteroatoms. The second kappa shape index (κ2) is 9.27. The molecular weight excluding hydrogens is 476 g/mol. The molecule has 39 heavy (non-hydrogen) atoms. The van der Waals surface area contributed by atoms with Crippen LogP contribution >= 0.6 is 0 Å². The van der Waals surface area contributed by atoms with Gasteiger partial charge in [0.05, 0.1) is 5.56 Å². The lowest BCUT2D eigenvalue weighted by molar-refractivity contribution is 0.103. The van der Waals surface area contributed by atoms with Crippen molar-refractivity contribution >= 4 is 38.1 Å². The van der Waals surface area contributed by atoms with Crippen molar-refractivity contribution in [3.05, 3.63) is 151 Å². The first-order valence-corrected chi connectivity index (χ1v) is 13.0. The maximum atomic E-state index is 13.4. The molecule has 0 fully saturated rings. The fraction of sp³-hybridized carbons (Fsp3) is 0. The Balaban J connectivity index is 1.50. The Hall–Kier alpha value is -5.21. The summed E-state index contributed by atoms with van der Waals surface area (Å²) in [6, 6.07) is 46.6. The molecule has 0 atom stereocenters. The zero-order valence-electron chi connectivity index (χ0n) is 21.1. The van der Waals surface area contributed by atoms with Gasteiger partial charge >= 0.3 is 0 Å². The van der Waals surface area contributed by atoms with Crippen LogP contribution in [0.1, 0.15) is 15.9 Å². The van der Waals surface area contributed by atoms with Crippen LogP contribution in [0.3, 0.4) is 0 Å². The summed E-state index contributed by atoms with van der Waals surface area (Å²) in [5, 5.41) is 17.3. The Morgan fingerprint density at radius 1 is 0.462 bits per heavy atom. The number of fused-ring (bicyclic) bond motifs is 3. The Morgan fingerprint density at radius 2 is 1.00 bits per heavy atom. The third kappa shape index (κ3) is 3.86. The van der Waals surface area contributed by atoms with E-state index in [2.05, 4.69) is 97.1 Å². The lowest BCUT2D eigenvalue weighted by Crippen LogP contribution is -2.02. The third-order valence-electron chi connectivity index (χ3n) is 7.53. The van der Waals surface area contributed by atoms with E-state index in [1.165, 1.54) is 32.7 Å². The highest BCUT2D eigenvalue weighted by atomic mass is 16.3. The summed E-state index contributed by atoms with van der Waals surface area (Å²) in [4.78, 5) is 13.4. The number of rotatable bonds is 4. The maximum absolute atomic E-state index is 13.4. The fourth-order valence-electron chi connectivity index (χ4n) is 5.73. The van der Waals surface area contributed by atoms with Gasteiger partial charge < -0.3 is 5.11 Å². The molecule has 0 bridgehead atoms. The third-order valence-corrected chi connectivity index (χ3v) is 7.53. The minimum atomic E-state index is -0.198. The van der Waals surface area contributed by atoms with E-state index in [1.54, 1.807) is 24.3 Å². The van der Waals surface area contributed by atoms with Gasteiger partial charge in [-0.15, -0.1) is 0 Å². The van der Waals surface area contributed by atoms with Gasteiger partial charge in [-0.25, -0.2) is 0 Å². The van der Waals surface area contributed by atoms with Gasteiger partial charge in [0, 0.05) is 5.56 Å². The van der Waals surface area contributed by atoms with Crippen LogP contribution < -0.4 is 0 Å². The molecule has 0 aliphatic carbocycles. The molecule has 0 aliphatic heterocycles. The number of carbonyl (C=O) groups excluding carboxylic acids is 1. The van der Waals surface area contributed by atoms with Crippen molar-refractivity contribution in [2.45, 2.75) is 0 Å². The molecule has 7 aromatic rings. The largest absolute Gasteiger partial charge is 0.507 e.